The van der Waals surface area contributed by atoms with Crippen LogP contribution in [0.15, 0.2) is 55.3 Å². The van der Waals surface area contributed by atoms with Crippen molar-refractivity contribution < 1.29 is 19.2 Å². The van der Waals surface area contributed by atoms with Crippen LogP contribution in [0.2, 0.25) is 0 Å². The first-order valence-corrected chi connectivity index (χ1v) is 8.23. The van der Waals surface area contributed by atoms with Crippen LogP contribution >= 0.6 is 0 Å². The van der Waals surface area contributed by atoms with Gasteiger partial charge in [-0.3, -0.25) is 10.1 Å². The highest BCUT2D eigenvalue weighted by Gasteiger charge is 2.15. The second kappa shape index (κ2) is 7.74. The van der Waals surface area contributed by atoms with E-state index in [-0.39, 0.29) is 12.3 Å². The molecule has 0 bridgehead atoms. The van der Waals surface area contributed by atoms with Gasteiger partial charge in [-0.05, 0) is 29.3 Å². The number of benzene rings is 2. The number of esters is 1. The van der Waals surface area contributed by atoms with Crippen molar-refractivity contribution in [1.29, 1.82) is 0 Å². The van der Waals surface area contributed by atoms with E-state index in [1.165, 1.54) is 19.3 Å². The van der Waals surface area contributed by atoms with Gasteiger partial charge in [0.25, 0.3) is 5.69 Å². The first kappa shape index (κ1) is 18.2. The van der Waals surface area contributed by atoms with Crippen LogP contribution in [0.3, 0.4) is 0 Å². The minimum Gasteiger partial charge on any atom is -0.496 e. The molecule has 0 saturated carbocycles. The van der Waals surface area contributed by atoms with Gasteiger partial charge >= 0.3 is 5.97 Å². The van der Waals surface area contributed by atoms with E-state index < -0.39 is 10.9 Å². The fraction of sp³-hybridized carbons (Fsp3) is 0.150. The fourth-order valence-corrected chi connectivity index (χ4v) is 2.87. The predicted molar refractivity (Wildman–Crippen MR) is 101 cm³/mol. The summed E-state index contributed by atoms with van der Waals surface area (Å²) < 4.78 is 10.5. The third-order valence-electron chi connectivity index (χ3n) is 4.20. The standard InChI is InChI=1S/C20H18N2O5/c1-3-8-27-20(23)14-5-4-13(19(10-14)26-2)9-15-12-21-18-7-6-16(22(24)25)11-17(15)18/h3-7,10-12,21H,1,8-9H2,2H3. The van der Waals surface area contributed by atoms with E-state index in [0.29, 0.717) is 17.7 Å². The number of hydrogen-bond donors (Lipinski definition) is 1. The number of aromatic amines is 1. The lowest BCUT2D eigenvalue weighted by Crippen LogP contribution is -2.06. The van der Waals surface area contributed by atoms with E-state index in [2.05, 4.69) is 11.6 Å². The van der Waals surface area contributed by atoms with Gasteiger partial charge in [0.15, 0.2) is 0 Å². The number of H-pyrrole nitrogens is 1. The highest BCUT2D eigenvalue weighted by molar-refractivity contribution is 5.90. The number of methoxy groups -OCH3 is 1. The molecule has 7 nitrogen and oxygen atoms in total. The molecule has 0 amide bonds. The van der Waals surface area contributed by atoms with Gasteiger partial charge in [0.1, 0.15) is 12.4 Å². The van der Waals surface area contributed by atoms with Crippen LogP contribution in [0.1, 0.15) is 21.5 Å². The van der Waals surface area contributed by atoms with Gasteiger partial charge in [-0.25, -0.2) is 4.79 Å². The maximum absolute atomic E-state index is 12.0. The van der Waals surface area contributed by atoms with E-state index in [1.54, 1.807) is 30.3 Å². The zero-order valence-electron chi connectivity index (χ0n) is 14.7. The Morgan fingerprint density at radius 2 is 2.07 bits per heavy atom. The van der Waals surface area contributed by atoms with Crippen LogP contribution in [0.5, 0.6) is 5.75 Å². The van der Waals surface area contributed by atoms with Crippen LogP contribution in [-0.4, -0.2) is 29.6 Å². The zero-order valence-corrected chi connectivity index (χ0v) is 14.7. The summed E-state index contributed by atoms with van der Waals surface area (Å²) in [6, 6.07) is 9.78. The van der Waals surface area contributed by atoms with Gasteiger partial charge < -0.3 is 14.5 Å². The fourth-order valence-electron chi connectivity index (χ4n) is 2.87. The molecular weight excluding hydrogens is 348 g/mol. The highest BCUT2D eigenvalue weighted by atomic mass is 16.6. The monoisotopic (exact) mass is 366 g/mol. The number of nitrogens with zero attached hydrogens (tertiary/aromatic N) is 1. The third-order valence-corrected chi connectivity index (χ3v) is 4.20. The molecule has 0 saturated heterocycles. The second-order valence-electron chi connectivity index (χ2n) is 5.89. The maximum Gasteiger partial charge on any atom is 0.338 e. The Labute approximate surface area is 155 Å². The number of aromatic nitrogens is 1. The third kappa shape index (κ3) is 3.82. The van der Waals surface area contributed by atoms with Crippen molar-refractivity contribution in [2.75, 3.05) is 13.7 Å². The zero-order chi connectivity index (χ0) is 19.4. The van der Waals surface area contributed by atoms with Crippen LogP contribution in [-0.2, 0) is 11.2 Å². The molecule has 0 radical (unpaired) electrons. The topological polar surface area (TPSA) is 94.5 Å². The molecule has 1 aromatic heterocycles. The minimum atomic E-state index is -0.456. The van der Waals surface area contributed by atoms with Crippen molar-refractivity contribution in [2.24, 2.45) is 0 Å². The van der Waals surface area contributed by atoms with Crippen molar-refractivity contribution in [3.05, 3.63) is 82.1 Å². The number of nitro benzene ring substituents is 1. The summed E-state index contributed by atoms with van der Waals surface area (Å²) in [7, 11) is 1.53. The quantitative estimate of drug-likeness (QED) is 0.295. The normalized spacial score (nSPS) is 10.6. The Morgan fingerprint density at radius 3 is 2.78 bits per heavy atom. The Bertz CT molecular complexity index is 1020. The van der Waals surface area contributed by atoms with Crippen molar-refractivity contribution >= 4 is 22.6 Å². The molecule has 0 aliphatic rings. The summed E-state index contributed by atoms with van der Waals surface area (Å²) in [5.41, 5.74) is 2.99. The van der Waals surface area contributed by atoms with Crippen molar-refractivity contribution in [2.45, 2.75) is 6.42 Å². The molecule has 0 spiro atoms. The predicted octanol–water partition coefficient (Wildman–Crippen LogP) is 4.02. The van der Waals surface area contributed by atoms with Crippen molar-refractivity contribution in [1.82, 2.24) is 4.98 Å². The first-order valence-electron chi connectivity index (χ1n) is 8.23. The Hall–Kier alpha value is -3.61. The summed E-state index contributed by atoms with van der Waals surface area (Å²) >= 11 is 0. The first-order chi connectivity index (χ1) is 13.0. The highest BCUT2D eigenvalue weighted by Crippen LogP contribution is 2.29. The molecular formula is C20H18N2O5. The Balaban J connectivity index is 1.92. The molecule has 1 N–H and O–H groups in total. The smallest absolute Gasteiger partial charge is 0.338 e. The maximum atomic E-state index is 12.0. The van der Waals surface area contributed by atoms with Crippen molar-refractivity contribution in [3.63, 3.8) is 0 Å². The molecule has 2 aromatic carbocycles. The molecule has 138 valence electrons. The average molecular weight is 366 g/mol. The average Bonchev–Trinajstić information content (AvgIpc) is 3.08. The molecule has 0 fully saturated rings. The van der Waals surface area contributed by atoms with Gasteiger partial charge in [-0.15, -0.1) is 0 Å². The molecule has 3 aromatic rings. The minimum absolute atomic E-state index is 0.0376. The van der Waals surface area contributed by atoms with Gasteiger partial charge in [-0.1, -0.05) is 18.7 Å². The molecule has 0 unspecified atom stereocenters. The molecule has 0 aliphatic carbocycles. The Kier molecular flexibility index (Phi) is 5.21. The van der Waals surface area contributed by atoms with Gasteiger partial charge in [0.2, 0.25) is 0 Å². The number of nitro groups is 1. The lowest BCUT2D eigenvalue weighted by atomic mass is 10.0. The summed E-state index contributed by atoms with van der Waals surface area (Å²) in [5, 5.41) is 11.8. The van der Waals surface area contributed by atoms with Gasteiger partial charge in [0, 0.05) is 35.7 Å². The largest absolute Gasteiger partial charge is 0.496 e. The van der Waals surface area contributed by atoms with Crippen LogP contribution in [0.25, 0.3) is 10.9 Å². The van der Waals surface area contributed by atoms with E-state index in [1.807, 2.05) is 6.20 Å². The summed E-state index contributed by atoms with van der Waals surface area (Å²) in [6.07, 6.45) is 3.81. The number of non-ortho nitro benzene ring substituents is 1. The Morgan fingerprint density at radius 1 is 1.26 bits per heavy atom. The number of carbonyl (C=O) groups is 1. The van der Waals surface area contributed by atoms with E-state index in [9.17, 15) is 14.9 Å². The van der Waals surface area contributed by atoms with Crippen LogP contribution in [0.4, 0.5) is 5.69 Å². The molecule has 7 heteroatoms. The molecule has 27 heavy (non-hydrogen) atoms. The number of fused-ring (bicyclic) bond motifs is 1. The molecule has 0 aliphatic heterocycles. The molecule has 3 rings (SSSR count). The lowest BCUT2D eigenvalue weighted by molar-refractivity contribution is -0.384. The van der Waals surface area contributed by atoms with Gasteiger partial charge in [-0.2, -0.15) is 0 Å². The number of ether oxygens (including phenoxy) is 2. The summed E-state index contributed by atoms with van der Waals surface area (Å²) in [4.78, 5) is 25.7. The summed E-state index contributed by atoms with van der Waals surface area (Å²) in [6.45, 7) is 3.65. The van der Waals surface area contributed by atoms with E-state index in [0.717, 1.165) is 22.0 Å². The van der Waals surface area contributed by atoms with Crippen molar-refractivity contribution in [3.8, 4) is 5.75 Å². The second-order valence-corrected chi connectivity index (χ2v) is 5.89. The van der Waals surface area contributed by atoms with E-state index in [4.69, 9.17) is 9.47 Å². The molecule has 1 heterocycles. The molecule has 0 atom stereocenters. The van der Waals surface area contributed by atoms with E-state index >= 15 is 0 Å². The van der Waals surface area contributed by atoms with Gasteiger partial charge in [0.05, 0.1) is 17.6 Å². The number of nitrogens with one attached hydrogen (secondary N) is 1. The SMILES string of the molecule is C=CCOC(=O)c1ccc(Cc2c[nH]c3ccc([N+](=O)[O-])cc23)c(OC)c1. The number of carbonyl (C=O) groups excluding carboxylic acids is 1. The summed E-state index contributed by atoms with van der Waals surface area (Å²) in [5.74, 6) is 0.0882. The lowest BCUT2D eigenvalue weighted by Gasteiger charge is -2.10. The number of hydrogen-bond acceptors (Lipinski definition) is 5. The van der Waals surface area contributed by atoms with Crippen LogP contribution < -0.4 is 4.74 Å². The number of rotatable bonds is 7. The van der Waals surface area contributed by atoms with Crippen LogP contribution in [0, 0.1) is 10.1 Å².